The maximum Gasteiger partial charge on any atom is 0.306 e. The van der Waals surface area contributed by atoms with Crippen molar-refractivity contribution in [2.75, 3.05) is 24.6 Å². The molecule has 1 aliphatic carbocycles. The Labute approximate surface area is 182 Å². The molecule has 1 aliphatic heterocycles. The summed E-state index contributed by atoms with van der Waals surface area (Å²) in [6.45, 7) is 3.19. The number of halogens is 2. The van der Waals surface area contributed by atoms with Gasteiger partial charge in [0.15, 0.2) is 0 Å². The molecule has 2 aromatic rings. The molecule has 0 N–H and O–H groups in total. The molecule has 6 heteroatoms. The van der Waals surface area contributed by atoms with Crippen LogP contribution in [0.15, 0.2) is 36.4 Å². The second kappa shape index (κ2) is 9.67. The van der Waals surface area contributed by atoms with E-state index in [0.717, 1.165) is 24.2 Å². The highest BCUT2D eigenvalue weighted by Crippen LogP contribution is 2.34. The summed E-state index contributed by atoms with van der Waals surface area (Å²) in [7, 11) is 0. The number of nitrogens with zero attached hydrogens (tertiary/aromatic N) is 1. The van der Waals surface area contributed by atoms with Gasteiger partial charge < -0.3 is 14.4 Å². The van der Waals surface area contributed by atoms with Crippen LogP contribution in [0.4, 0.5) is 14.5 Å². The molecule has 0 unspecified atom stereocenters. The molecule has 0 bridgehead atoms. The Morgan fingerprint density at radius 1 is 1.03 bits per heavy atom. The van der Waals surface area contributed by atoms with Gasteiger partial charge in [0.05, 0.1) is 12.7 Å². The number of hydrogen-bond acceptors (Lipinski definition) is 4. The lowest BCUT2D eigenvalue weighted by molar-refractivity contribution is -0.144. The van der Waals surface area contributed by atoms with Crippen LogP contribution in [0.25, 0.3) is 11.1 Å². The minimum atomic E-state index is -0.566. The lowest BCUT2D eigenvalue weighted by Crippen LogP contribution is -2.35. The molecule has 2 aromatic carbocycles. The Balaban J connectivity index is 1.44. The molecule has 0 aromatic heterocycles. The monoisotopic (exact) mass is 429 g/mol. The first-order chi connectivity index (χ1) is 15.0. The zero-order valence-electron chi connectivity index (χ0n) is 17.9. The van der Waals surface area contributed by atoms with E-state index in [2.05, 4.69) is 0 Å². The summed E-state index contributed by atoms with van der Waals surface area (Å²) >= 11 is 0. The SMILES string of the molecule is CCOC(=O)CC1CCN(c2c(F)cc(-c3cccc(OC4CCC4)c3)cc2F)CC1. The van der Waals surface area contributed by atoms with Crippen LogP contribution in [-0.2, 0) is 9.53 Å². The Morgan fingerprint density at radius 2 is 1.74 bits per heavy atom. The summed E-state index contributed by atoms with van der Waals surface area (Å²) in [4.78, 5) is 13.4. The van der Waals surface area contributed by atoms with Gasteiger partial charge in [-0.05, 0) is 80.3 Å². The van der Waals surface area contributed by atoms with E-state index < -0.39 is 11.6 Å². The second-order valence-electron chi connectivity index (χ2n) is 8.43. The number of esters is 1. The van der Waals surface area contributed by atoms with Crippen LogP contribution < -0.4 is 9.64 Å². The van der Waals surface area contributed by atoms with Gasteiger partial charge in [-0.2, -0.15) is 0 Å². The van der Waals surface area contributed by atoms with Gasteiger partial charge in [0.25, 0.3) is 0 Å². The molecule has 1 saturated heterocycles. The second-order valence-corrected chi connectivity index (χ2v) is 8.43. The van der Waals surface area contributed by atoms with E-state index in [0.29, 0.717) is 44.5 Å². The van der Waals surface area contributed by atoms with Gasteiger partial charge in [-0.1, -0.05) is 12.1 Å². The predicted octanol–water partition coefficient (Wildman–Crippen LogP) is 5.73. The zero-order valence-corrected chi connectivity index (χ0v) is 17.9. The number of carbonyl (C=O) groups is 1. The number of benzene rings is 2. The topological polar surface area (TPSA) is 38.8 Å². The number of piperidine rings is 1. The van der Waals surface area contributed by atoms with Gasteiger partial charge in [0.1, 0.15) is 23.1 Å². The summed E-state index contributed by atoms with van der Waals surface area (Å²) in [5.74, 6) is -0.408. The summed E-state index contributed by atoms with van der Waals surface area (Å²) < 4.78 is 40.9. The third-order valence-electron chi connectivity index (χ3n) is 6.23. The molecule has 0 spiro atoms. The Morgan fingerprint density at radius 3 is 2.35 bits per heavy atom. The highest BCUT2D eigenvalue weighted by atomic mass is 19.1. The quantitative estimate of drug-likeness (QED) is 0.527. The van der Waals surface area contributed by atoms with Crippen molar-refractivity contribution in [1.82, 2.24) is 0 Å². The molecule has 0 amide bonds. The summed E-state index contributed by atoms with van der Waals surface area (Å²) in [6, 6.07) is 10.2. The fraction of sp³-hybridized carbons (Fsp3) is 0.480. The Hall–Kier alpha value is -2.63. The van der Waals surface area contributed by atoms with E-state index in [1.54, 1.807) is 11.8 Å². The van der Waals surface area contributed by atoms with Crippen molar-refractivity contribution in [2.45, 2.75) is 51.6 Å². The highest BCUT2D eigenvalue weighted by Gasteiger charge is 2.26. The molecule has 2 fully saturated rings. The first kappa shape index (κ1) is 21.6. The highest BCUT2D eigenvalue weighted by molar-refractivity contribution is 5.70. The minimum absolute atomic E-state index is 0.0141. The van der Waals surface area contributed by atoms with E-state index in [9.17, 15) is 13.6 Å². The van der Waals surface area contributed by atoms with Crippen LogP contribution in [-0.4, -0.2) is 31.8 Å². The molecule has 1 saturated carbocycles. The minimum Gasteiger partial charge on any atom is -0.490 e. The van der Waals surface area contributed by atoms with Gasteiger partial charge >= 0.3 is 5.97 Å². The van der Waals surface area contributed by atoms with E-state index in [4.69, 9.17) is 9.47 Å². The van der Waals surface area contributed by atoms with Crippen LogP contribution in [0.1, 0.15) is 45.4 Å². The maximum atomic E-state index is 15.0. The number of rotatable bonds is 7. The maximum absolute atomic E-state index is 15.0. The first-order valence-electron chi connectivity index (χ1n) is 11.2. The van der Waals surface area contributed by atoms with Crippen LogP contribution in [0.5, 0.6) is 5.75 Å². The normalized spacial score (nSPS) is 17.3. The average Bonchev–Trinajstić information content (AvgIpc) is 2.72. The van der Waals surface area contributed by atoms with Crippen molar-refractivity contribution in [3.8, 4) is 16.9 Å². The summed E-state index contributed by atoms with van der Waals surface area (Å²) in [6.07, 6.45) is 5.32. The van der Waals surface area contributed by atoms with E-state index in [-0.39, 0.29) is 23.7 Å². The van der Waals surface area contributed by atoms with Gasteiger partial charge in [-0.25, -0.2) is 8.78 Å². The van der Waals surface area contributed by atoms with Gasteiger partial charge in [-0.15, -0.1) is 0 Å². The number of ether oxygens (including phenoxy) is 2. The molecule has 2 aliphatic rings. The van der Waals surface area contributed by atoms with Crippen molar-refractivity contribution >= 4 is 11.7 Å². The summed E-state index contributed by atoms with van der Waals surface area (Å²) in [5, 5.41) is 0. The van der Waals surface area contributed by atoms with Crippen molar-refractivity contribution in [3.63, 3.8) is 0 Å². The fourth-order valence-corrected chi connectivity index (χ4v) is 4.28. The van der Waals surface area contributed by atoms with Crippen molar-refractivity contribution < 1.29 is 23.0 Å². The largest absolute Gasteiger partial charge is 0.490 e. The molecule has 31 heavy (non-hydrogen) atoms. The molecule has 4 nitrogen and oxygen atoms in total. The van der Waals surface area contributed by atoms with Gasteiger partial charge in [0.2, 0.25) is 0 Å². The molecule has 166 valence electrons. The Bertz CT molecular complexity index is 898. The van der Waals surface area contributed by atoms with Crippen LogP contribution in [0.3, 0.4) is 0 Å². The molecule has 1 heterocycles. The standard InChI is InChI=1S/C25H29F2NO3/c1-2-30-24(29)13-17-9-11-28(12-10-17)25-22(26)15-19(16-23(25)27)18-5-3-8-21(14-18)31-20-6-4-7-20/h3,5,8,14-17,20H,2,4,6-7,9-13H2,1H3. The average molecular weight is 430 g/mol. The lowest BCUT2D eigenvalue weighted by Gasteiger charge is -2.33. The number of anilines is 1. The molecule has 0 atom stereocenters. The molecular weight excluding hydrogens is 400 g/mol. The summed E-state index contributed by atoms with van der Waals surface area (Å²) in [5.41, 5.74) is 1.24. The fourth-order valence-electron chi connectivity index (χ4n) is 4.28. The van der Waals surface area contributed by atoms with E-state index >= 15 is 0 Å². The van der Waals surface area contributed by atoms with Crippen LogP contribution in [0, 0.1) is 17.6 Å². The Kier molecular flexibility index (Phi) is 6.73. The predicted molar refractivity (Wildman–Crippen MR) is 116 cm³/mol. The van der Waals surface area contributed by atoms with E-state index in [1.165, 1.54) is 18.6 Å². The number of carbonyl (C=O) groups excluding carboxylic acids is 1. The first-order valence-corrected chi connectivity index (χ1v) is 11.2. The van der Waals surface area contributed by atoms with Crippen molar-refractivity contribution in [3.05, 3.63) is 48.0 Å². The number of hydrogen-bond donors (Lipinski definition) is 0. The van der Waals surface area contributed by atoms with Gasteiger partial charge in [0, 0.05) is 19.5 Å². The zero-order chi connectivity index (χ0) is 21.8. The van der Waals surface area contributed by atoms with Crippen molar-refractivity contribution in [1.29, 1.82) is 0 Å². The molecular formula is C25H29F2NO3. The molecule has 0 radical (unpaired) electrons. The van der Waals surface area contributed by atoms with Gasteiger partial charge in [-0.3, -0.25) is 4.79 Å². The smallest absolute Gasteiger partial charge is 0.306 e. The third-order valence-corrected chi connectivity index (χ3v) is 6.23. The van der Waals surface area contributed by atoms with Crippen LogP contribution in [0.2, 0.25) is 0 Å². The van der Waals surface area contributed by atoms with Crippen molar-refractivity contribution in [2.24, 2.45) is 5.92 Å². The van der Waals surface area contributed by atoms with E-state index in [1.807, 2.05) is 24.3 Å². The van der Waals surface area contributed by atoms with Crippen LogP contribution >= 0.6 is 0 Å². The third kappa shape index (κ3) is 5.17. The molecule has 4 rings (SSSR count). The lowest BCUT2D eigenvalue weighted by atomic mass is 9.93.